The predicted molar refractivity (Wildman–Crippen MR) is 148 cm³/mol. The number of hydrogen-bond donors (Lipinski definition) is 0. The Kier molecular flexibility index (Phi) is 8.41. The summed E-state index contributed by atoms with van der Waals surface area (Å²) in [6.07, 6.45) is -1.45. The van der Waals surface area contributed by atoms with Gasteiger partial charge in [-0.05, 0) is 81.7 Å². The van der Waals surface area contributed by atoms with Crippen molar-refractivity contribution < 1.29 is 36.8 Å². The topological polar surface area (TPSA) is 145 Å². The van der Waals surface area contributed by atoms with Crippen molar-refractivity contribution in [3.8, 4) is 0 Å². The Hall–Kier alpha value is -3.35. The van der Waals surface area contributed by atoms with Gasteiger partial charge in [-0.15, -0.1) is 6.58 Å². The maximum absolute atomic E-state index is 15.5. The molecule has 2 rings (SSSR count). The summed E-state index contributed by atoms with van der Waals surface area (Å²) in [5, 5.41) is 11.6. The SMILES string of the molecule is C=CCC1(C)[C@@](C)(c2cc([N+](=O)[O-])ccc2F)N=C(N(C(=O)OC(C)(C)C)C(=O)OC(C)(C)C)C(C)(C)S1(=O)=O. The number of aliphatic imine (C=N–C) groups is 1. The zero-order valence-electron chi connectivity index (χ0n) is 24.6. The summed E-state index contributed by atoms with van der Waals surface area (Å²) in [5.41, 5.74) is -5.24. The Morgan fingerprint density at radius 3 is 1.95 bits per heavy atom. The Morgan fingerprint density at radius 2 is 1.55 bits per heavy atom. The summed E-state index contributed by atoms with van der Waals surface area (Å²) in [6.45, 7) is 18.1. The number of nitro benzene ring substituents is 1. The van der Waals surface area contributed by atoms with E-state index in [2.05, 4.69) is 11.6 Å². The third kappa shape index (κ3) is 5.61. The van der Waals surface area contributed by atoms with Gasteiger partial charge in [-0.25, -0.2) is 22.4 Å². The lowest BCUT2D eigenvalue weighted by atomic mass is 9.77. The molecule has 2 atom stereocenters. The fraction of sp³-hybridized carbons (Fsp3) is 0.593. The van der Waals surface area contributed by atoms with E-state index < -0.39 is 76.1 Å². The molecule has 0 radical (unpaired) electrons. The van der Waals surface area contributed by atoms with Crippen molar-refractivity contribution in [3.63, 3.8) is 0 Å². The van der Waals surface area contributed by atoms with E-state index in [9.17, 15) is 28.1 Å². The van der Waals surface area contributed by atoms with E-state index in [0.717, 1.165) is 18.2 Å². The number of rotatable bonds is 4. The first-order chi connectivity index (χ1) is 17.9. The monoisotopic (exact) mass is 583 g/mol. The molecule has 1 aromatic carbocycles. The minimum Gasteiger partial charge on any atom is -0.443 e. The highest BCUT2D eigenvalue weighted by Crippen LogP contribution is 2.53. The van der Waals surface area contributed by atoms with Crippen LogP contribution in [0.4, 0.5) is 19.7 Å². The number of amidine groups is 1. The first-order valence-electron chi connectivity index (χ1n) is 12.5. The van der Waals surface area contributed by atoms with Crippen molar-refractivity contribution in [2.45, 2.75) is 102 Å². The molecule has 2 amide bonds. The molecule has 0 N–H and O–H groups in total. The van der Waals surface area contributed by atoms with E-state index in [1.54, 1.807) is 41.5 Å². The number of amides is 2. The summed E-state index contributed by atoms with van der Waals surface area (Å²) < 4.78 is 51.3. The smallest absolute Gasteiger partial charge is 0.425 e. The van der Waals surface area contributed by atoms with Gasteiger partial charge >= 0.3 is 12.2 Å². The molecule has 1 aliphatic heterocycles. The van der Waals surface area contributed by atoms with Gasteiger partial charge in [0, 0.05) is 17.7 Å². The van der Waals surface area contributed by atoms with Gasteiger partial charge in [-0.2, -0.15) is 4.90 Å². The van der Waals surface area contributed by atoms with Gasteiger partial charge in [0.25, 0.3) is 5.69 Å². The van der Waals surface area contributed by atoms with E-state index >= 15 is 4.39 Å². The summed E-state index contributed by atoms with van der Waals surface area (Å²) in [4.78, 5) is 42.8. The van der Waals surface area contributed by atoms with Crippen LogP contribution in [0.25, 0.3) is 0 Å². The largest absolute Gasteiger partial charge is 0.443 e. The van der Waals surface area contributed by atoms with Gasteiger partial charge in [0.15, 0.2) is 9.84 Å². The van der Waals surface area contributed by atoms with Crippen LogP contribution in [0.2, 0.25) is 0 Å². The van der Waals surface area contributed by atoms with Gasteiger partial charge in [-0.1, -0.05) is 6.08 Å². The molecule has 0 bridgehead atoms. The molecule has 1 aromatic rings. The number of non-ortho nitro benzene ring substituents is 1. The molecule has 222 valence electrons. The standard InChI is InChI=1S/C27H38FN3O8S/c1-12-15-26(10)27(11,18-16-17(31(34)35)13-14-19(18)28)29-20(25(8,9)40(26,36)37)30(21(32)38-23(2,3)4)22(33)39-24(5,6)7/h12-14,16H,1,15H2,2-11H3/t26?,27-/m1/s1. The number of sulfone groups is 1. The normalized spacial score (nSPS) is 23.9. The maximum atomic E-state index is 15.5. The summed E-state index contributed by atoms with van der Waals surface area (Å²) in [6, 6.07) is 2.68. The van der Waals surface area contributed by atoms with Crippen LogP contribution in [0.5, 0.6) is 0 Å². The molecule has 0 aromatic heterocycles. The average molecular weight is 584 g/mol. The van der Waals surface area contributed by atoms with Crippen LogP contribution in [-0.4, -0.2) is 57.0 Å². The lowest BCUT2D eigenvalue weighted by Gasteiger charge is -2.52. The summed E-state index contributed by atoms with van der Waals surface area (Å²) in [5.74, 6) is -1.56. The quantitative estimate of drug-likeness (QED) is 0.236. The van der Waals surface area contributed by atoms with Gasteiger partial charge in [0.1, 0.15) is 37.9 Å². The third-order valence-electron chi connectivity index (χ3n) is 6.75. The molecule has 1 heterocycles. The van der Waals surface area contributed by atoms with Crippen LogP contribution in [0, 0.1) is 15.9 Å². The van der Waals surface area contributed by atoms with Crippen LogP contribution in [0.1, 0.15) is 81.2 Å². The number of carbonyl (C=O) groups is 2. The Balaban J connectivity index is 3.12. The van der Waals surface area contributed by atoms with Crippen molar-refractivity contribution in [2.75, 3.05) is 0 Å². The van der Waals surface area contributed by atoms with Crippen molar-refractivity contribution in [1.82, 2.24) is 4.90 Å². The molecule has 13 heteroatoms. The highest BCUT2D eigenvalue weighted by atomic mass is 32.2. The highest BCUT2D eigenvalue weighted by Gasteiger charge is 2.66. The number of hydrogen-bond acceptors (Lipinski definition) is 9. The number of benzene rings is 1. The number of ether oxygens (including phenoxy) is 2. The minimum atomic E-state index is -4.51. The molecule has 0 saturated carbocycles. The maximum Gasteiger partial charge on any atom is 0.425 e. The molecule has 0 saturated heterocycles. The van der Waals surface area contributed by atoms with E-state index in [-0.39, 0.29) is 6.42 Å². The lowest BCUT2D eigenvalue weighted by molar-refractivity contribution is -0.385. The predicted octanol–water partition coefficient (Wildman–Crippen LogP) is 6.06. The van der Waals surface area contributed by atoms with Gasteiger partial charge in [0.2, 0.25) is 0 Å². The van der Waals surface area contributed by atoms with Gasteiger partial charge in [-0.3, -0.25) is 15.1 Å². The molecule has 0 aliphatic carbocycles. The minimum absolute atomic E-state index is 0.243. The first-order valence-corrected chi connectivity index (χ1v) is 14.0. The molecule has 0 fully saturated rings. The Labute approximate surface area is 234 Å². The summed E-state index contributed by atoms with van der Waals surface area (Å²) in [7, 11) is -4.51. The zero-order chi connectivity index (χ0) is 31.3. The fourth-order valence-electron chi connectivity index (χ4n) is 4.52. The number of nitrogens with zero attached hydrogens (tertiary/aromatic N) is 3. The van der Waals surface area contributed by atoms with Crippen molar-refractivity contribution in [3.05, 3.63) is 52.3 Å². The fourth-order valence-corrected chi connectivity index (χ4v) is 7.04. The Bertz CT molecular complexity index is 1350. The van der Waals surface area contributed by atoms with Crippen molar-refractivity contribution >= 4 is 33.5 Å². The highest BCUT2D eigenvalue weighted by molar-refractivity contribution is 7.95. The first kappa shape index (κ1) is 32.9. The Morgan fingerprint density at radius 1 is 1.07 bits per heavy atom. The molecular weight excluding hydrogens is 545 g/mol. The van der Waals surface area contributed by atoms with E-state index in [4.69, 9.17) is 9.47 Å². The summed E-state index contributed by atoms with van der Waals surface area (Å²) >= 11 is 0. The number of carbonyl (C=O) groups excluding carboxylic acids is 2. The van der Waals surface area contributed by atoms with Crippen molar-refractivity contribution in [2.24, 2.45) is 4.99 Å². The van der Waals surface area contributed by atoms with E-state index in [1.807, 2.05) is 0 Å². The third-order valence-corrected chi connectivity index (χ3v) is 10.0. The van der Waals surface area contributed by atoms with Crippen LogP contribution in [-0.2, 0) is 24.8 Å². The van der Waals surface area contributed by atoms with Crippen LogP contribution < -0.4 is 0 Å². The number of allylic oxidation sites excluding steroid dienone is 1. The van der Waals surface area contributed by atoms with Crippen LogP contribution in [0.3, 0.4) is 0 Å². The average Bonchev–Trinajstić information content (AvgIpc) is 2.75. The molecular formula is C27H38FN3O8S. The van der Waals surface area contributed by atoms with Crippen molar-refractivity contribution in [1.29, 1.82) is 0 Å². The van der Waals surface area contributed by atoms with E-state index in [1.165, 1.54) is 33.8 Å². The second-order valence-corrected chi connectivity index (χ2v) is 15.4. The number of halogens is 1. The van der Waals surface area contributed by atoms with Gasteiger partial charge < -0.3 is 9.47 Å². The lowest BCUT2D eigenvalue weighted by Crippen LogP contribution is -2.68. The number of imide groups is 1. The van der Waals surface area contributed by atoms with E-state index in [0.29, 0.717) is 4.90 Å². The second-order valence-electron chi connectivity index (χ2n) is 12.5. The van der Waals surface area contributed by atoms with Crippen LogP contribution >= 0.6 is 0 Å². The molecule has 40 heavy (non-hydrogen) atoms. The molecule has 1 unspecified atom stereocenters. The molecule has 1 aliphatic rings. The van der Waals surface area contributed by atoms with Gasteiger partial charge in [0.05, 0.1) is 4.92 Å². The molecule has 11 nitrogen and oxygen atoms in total. The molecule has 0 spiro atoms. The zero-order valence-corrected chi connectivity index (χ0v) is 25.4. The van der Waals surface area contributed by atoms with Crippen LogP contribution in [0.15, 0.2) is 35.8 Å². The second kappa shape index (κ2) is 10.2. The number of nitro groups is 1.